The molecule has 0 saturated heterocycles. The van der Waals surface area contributed by atoms with Gasteiger partial charge in [-0.2, -0.15) is 0 Å². The van der Waals surface area contributed by atoms with Crippen LogP contribution in [0.15, 0.2) is 22.7 Å². The fraction of sp³-hybridized carbons (Fsp3) is 0.222. The Bertz CT molecular complexity index is 467. The molecule has 2 heterocycles. The van der Waals surface area contributed by atoms with Gasteiger partial charge in [0.25, 0.3) is 0 Å². The largest absolute Gasteiger partial charge is 0.468 e. The second-order valence-electron chi connectivity index (χ2n) is 2.81. The van der Waals surface area contributed by atoms with Crippen molar-refractivity contribution in [1.29, 1.82) is 0 Å². The molecule has 0 aliphatic heterocycles. The molecule has 0 spiro atoms. The predicted octanol–water partition coefficient (Wildman–Crippen LogP) is 1.80. The lowest BCUT2D eigenvalue weighted by Crippen LogP contribution is -2.03. The molecule has 2 aromatic rings. The van der Waals surface area contributed by atoms with Crippen LogP contribution in [0.25, 0.3) is 10.7 Å². The normalized spacial score (nSPS) is 10.3. The van der Waals surface area contributed by atoms with Crippen molar-refractivity contribution in [3.63, 3.8) is 0 Å². The number of thioether (sulfide) groups is 1. The molecular weight excluding hydrogens is 246 g/mol. The van der Waals surface area contributed by atoms with Gasteiger partial charge >= 0.3 is 5.97 Å². The Labute approximate surface area is 100 Å². The van der Waals surface area contributed by atoms with Gasteiger partial charge in [0.1, 0.15) is 0 Å². The maximum absolute atomic E-state index is 10.9. The molecular formula is C9H9N3O2S2. The van der Waals surface area contributed by atoms with Crippen molar-refractivity contribution in [1.82, 2.24) is 15.2 Å². The lowest BCUT2D eigenvalue weighted by Gasteiger charge is -1.94. The zero-order chi connectivity index (χ0) is 11.4. The van der Waals surface area contributed by atoms with Crippen molar-refractivity contribution in [3.8, 4) is 10.7 Å². The summed E-state index contributed by atoms with van der Waals surface area (Å²) in [6.07, 6.45) is 0. The van der Waals surface area contributed by atoms with E-state index >= 15 is 0 Å². The van der Waals surface area contributed by atoms with Crippen LogP contribution >= 0.6 is 23.1 Å². The summed E-state index contributed by atoms with van der Waals surface area (Å²) in [7, 11) is 1.36. The summed E-state index contributed by atoms with van der Waals surface area (Å²) >= 11 is 2.83. The second kappa shape index (κ2) is 5.13. The minimum atomic E-state index is -0.285. The first-order valence-corrected chi connectivity index (χ1v) is 6.32. The van der Waals surface area contributed by atoms with E-state index in [1.807, 2.05) is 17.5 Å². The number of H-pyrrole nitrogens is 1. The number of nitrogens with one attached hydrogen (secondary N) is 1. The Morgan fingerprint density at radius 1 is 1.69 bits per heavy atom. The number of aromatic amines is 1. The molecule has 0 aromatic carbocycles. The predicted molar refractivity (Wildman–Crippen MR) is 62.4 cm³/mol. The van der Waals surface area contributed by atoms with Crippen LogP contribution in [0.3, 0.4) is 0 Å². The zero-order valence-electron chi connectivity index (χ0n) is 8.47. The van der Waals surface area contributed by atoms with Crippen molar-refractivity contribution in [3.05, 3.63) is 17.5 Å². The first-order chi connectivity index (χ1) is 7.79. The molecule has 0 unspecified atom stereocenters. The monoisotopic (exact) mass is 255 g/mol. The summed E-state index contributed by atoms with van der Waals surface area (Å²) in [6, 6.07) is 3.91. The van der Waals surface area contributed by atoms with Gasteiger partial charge in [-0.3, -0.25) is 9.89 Å². The van der Waals surface area contributed by atoms with E-state index in [0.29, 0.717) is 5.16 Å². The number of nitrogens with zero attached hydrogens (tertiary/aromatic N) is 2. The Balaban J connectivity index is 2.00. The fourth-order valence-electron chi connectivity index (χ4n) is 1.02. The topological polar surface area (TPSA) is 67.9 Å². The molecule has 16 heavy (non-hydrogen) atoms. The first kappa shape index (κ1) is 11.2. The lowest BCUT2D eigenvalue weighted by molar-refractivity contribution is -0.137. The van der Waals surface area contributed by atoms with Crippen LogP contribution in [0, 0.1) is 0 Å². The molecule has 0 aliphatic carbocycles. The standard InChI is InChI=1S/C9H9N3O2S2/c1-14-7(13)5-16-9-10-8(11-12-9)6-3-2-4-15-6/h2-4H,5H2,1H3,(H,10,11,12). The van der Waals surface area contributed by atoms with E-state index < -0.39 is 0 Å². The number of hydrogen-bond acceptors (Lipinski definition) is 6. The molecule has 0 bridgehead atoms. The van der Waals surface area contributed by atoms with E-state index in [1.54, 1.807) is 11.3 Å². The smallest absolute Gasteiger partial charge is 0.316 e. The minimum absolute atomic E-state index is 0.220. The highest BCUT2D eigenvalue weighted by Crippen LogP contribution is 2.22. The van der Waals surface area contributed by atoms with E-state index in [0.717, 1.165) is 10.7 Å². The molecule has 0 fully saturated rings. The molecule has 5 nitrogen and oxygen atoms in total. The van der Waals surface area contributed by atoms with Crippen LogP contribution in [-0.4, -0.2) is 34.0 Å². The summed E-state index contributed by atoms with van der Waals surface area (Å²) in [4.78, 5) is 16.2. The zero-order valence-corrected chi connectivity index (χ0v) is 10.1. The number of rotatable bonds is 4. The van der Waals surface area contributed by atoms with Gasteiger partial charge in [0.05, 0.1) is 17.7 Å². The van der Waals surface area contributed by atoms with Gasteiger partial charge in [0.15, 0.2) is 5.82 Å². The molecule has 7 heteroatoms. The van der Waals surface area contributed by atoms with Crippen LogP contribution in [0.2, 0.25) is 0 Å². The average Bonchev–Trinajstić information content (AvgIpc) is 2.95. The second-order valence-corrected chi connectivity index (χ2v) is 4.70. The first-order valence-electron chi connectivity index (χ1n) is 4.45. The van der Waals surface area contributed by atoms with Gasteiger partial charge in [-0.15, -0.1) is 16.4 Å². The van der Waals surface area contributed by atoms with Crippen LogP contribution in [0.1, 0.15) is 0 Å². The van der Waals surface area contributed by atoms with Crippen molar-refractivity contribution in [2.45, 2.75) is 5.16 Å². The third-order valence-electron chi connectivity index (χ3n) is 1.77. The number of methoxy groups -OCH3 is 1. The number of hydrogen-bond donors (Lipinski definition) is 1. The summed E-state index contributed by atoms with van der Waals surface area (Å²) < 4.78 is 4.53. The highest BCUT2D eigenvalue weighted by molar-refractivity contribution is 7.99. The van der Waals surface area contributed by atoms with E-state index in [4.69, 9.17) is 0 Å². The molecule has 0 atom stereocenters. The number of aromatic nitrogens is 3. The number of carbonyl (C=O) groups is 1. The fourth-order valence-corrected chi connectivity index (χ4v) is 2.31. The molecule has 0 amide bonds. The number of thiophene rings is 1. The van der Waals surface area contributed by atoms with Crippen LogP contribution in [0.4, 0.5) is 0 Å². The highest BCUT2D eigenvalue weighted by atomic mass is 32.2. The third kappa shape index (κ3) is 2.61. The minimum Gasteiger partial charge on any atom is -0.468 e. The van der Waals surface area contributed by atoms with E-state index in [-0.39, 0.29) is 11.7 Å². The number of carbonyl (C=O) groups excluding carboxylic acids is 1. The van der Waals surface area contributed by atoms with E-state index in [9.17, 15) is 4.79 Å². The SMILES string of the molecule is COC(=O)CSc1n[nH]c(-c2cccs2)n1. The van der Waals surface area contributed by atoms with Gasteiger partial charge in [0.2, 0.25) is 5.16 Å². The summed E-state index contributed by atoms with van der Waals surface area (Å²) in [5.74, 6) is 0.660. The molecule has 84 valence electrons. The van der Waals surface area contributed by atoms with Crippen molar-refractivity contribution < 1.29 is 9.53 Å². The van der Waals surface area contributed by atoms with E-state index in [1.165, 1.54) is 18.9 Å². The highest BCUT2D eigenvalue weighted by Gasteiger charge is 2.09. The molecule has 2 rings (SSSR count). The van der Waals surface area contributed by atoms with Gasteiger partial charge in [0, 0.05) is 0 Å². The Morgan fingerprint density at radius 3 is 3.25 bits per heavy atom. The van der Waals surface area contributed by atoms with Gasteiger partial charge < -0.3 is 4.74 Å². The van der Waals surface area contributed by atoms with Crippen molar-refractivity contribution >= 4 is 29.1 Å². The maximum Gasteiger partial charge on any atom is 0.316 e. The van der Waals surface area contributed by atoms with Crippen LogP contribution in [-0.2, 0) is 9.53 Å². The van der Waals surface area contributed by atoms with Crippen LogP contribution in [0.5, 0.6) is 0 Å². The molecule has 1 N–H and O–H groups in total. The third-order valence-corrected chi connectivity index (χ3v) is 3.46. The van der Waals surface area contributed by atoms with Crippen LogP contribution < -0.4 is 0 Å². The molecule has 0 aliphatic rings. The Hall–Kier alpha value is -1.34. The summed E-state index contributed by atoms with van der Waals surface area (Å²) in [5, 5.41) is 9.35. The van der Waals surface area contributed by atoms with Gasteiger partial charge in [-0.05, 0) is 11.4 Å². The summed E-state index contributed by atoms with van der Waals surface area (Å²) in [6.45, 7) is 0. The Morgan fingerprint density at radius 2 is 2.56 bits per heavy atom. The average molecular weight is 255 g/mol. The molecule has 2 aromatic heterocycles. The quantitative estimate of drug-likeness (QED) is 0.666. The molecule has 0 saturated carbocycles. The molecule has 0 radical (unpaired) electrons. The maximum atomic E-state index is 10.9. The van der Waals surface area contributed by atoms with Crippen molar-refractivity contribution in [2.75, 3.05) is 12.9 Å². The number of ether oxygens (including phenoxy) is 1. The summed E-state index contributed by atoms with van der Waals surface area (Å²) in [5.41, 5.74) is 0. The van der Waals surface area contributed by atoms with Crippen molar-refractivity contribution in [2.24, 2.45) is 0 Å². The van der Waals surface area contributed by atoms with Gasteiger partial charge in [-0.25, -0.2) is 4.98 Å². The van der Waals surface area contributed by atoms with Gasteiger partial charge in [-0.1, -0.05) is 17.8 Å². The van der Waals surface area contributed by atoms with E-state index in [2.05, 4.69) is 19.9 Å². The lowest BCUT2D eigenvalue weighted by atomic mass is 10.4. The number of esters is 1. The Kier molecular flexibility index (Phi) is 3.58.